The number of aryl methyl sites for hydroxylation is 1. The minimum Gasteiger partial charge on any atom is -0.371 e. The molecule has 5 nitrogen and oxygen atoms in total. The number of benzene rings is 2. The molecule has 4 aromatic rings. The second-order valence-electron chi connectivity index (χ2n) is 8.07. The van der Waals surface area contributed by atoms with Crippen molar-refractivity contribution in [3.05, 3.63) is 71.4 Å². The smallest absolute Gasteiger partial charge is 0.163 e. The summed E-state index contributed by atoms with van der Waals surface area (Å²) in [6, 6.07) is 13.1. The van der Waals surface area contributed by atoms with Crippen LogP contribution in [0.25, 0.3) is 27.9 Å². The van der Waals surface area contributed by atoms with E-state index in [0.717, 1.165) is 48.4 Å². The van der Waals surface area contributed by atoms with E-state index in [1.807, 2.05) is 49.5 Å². The topological polar surface area (TPSA) is 59.5 Å². The third-order valence-electron chi connectivity index (χ3n) is 5.96. The van der Waals surface area contributed by atoms with Gasteiger partial charge in [-0.2, -0.15) is 5.10 Å². The molecule has 0 saturated carbocycles. The molecule has 31 heavy (non-hydrogen) atoms. The number of nitrogens with zero attached hydrogens (tertiary/aromatic N) is 4. The van der Waals surface area contributed by atoms with Crippen molar-refractivity contribution in [3.8, 4) is 22.3 Å². The van der Waals surface area contributed by atoms with Gasteiger partial charge in [-0.3, -0.25) is 0 Å². The first kappa shape index (κ1) is 20.0. The maximum Gasteiger partial charge on any atom is 0.163 e. The first-order valence-electron chi connectivity index (χ1n) is 10.4. The Morgan fingerprint density at radius 1 is 1.06 bits per heavy atom. The SMILES string of the molecule is Cc1nc2c(-c3cc(N4CCC(N)CC4)ccc3F)cnn2cc1-c1cccc(Cl)c1. The van der Waals surface area contributed by atoms with Crippen LogP contribution >= 0.6 is 11.6 Å². The van der Waals surface area contributed by atoms with E-state index in [-0.39, 0.29) is 11.9 Å². The van der Waals surface area contributed by atoms with Crippen molar-refractivity contribution < 1.29 is 4.39 Å². The molecule has 0 atom stereocenters. The molecule has 0 bridgehead atoms. The molecule has 0 aliphatic carbocycles. The van der Waals surface area contributed by atoms with Crippen molar-refractivity contribution in [3.63, 3.8) is 0 Å². The Labute approximate surface area is 185 Å². The number of hydrogen-bond acceptors (Lipinski definition) is 4. The van der Waals surface area contributed by atoms with E-state index in [9.17, 15) is 4.39 Å². The van der Waals surface area contributed by atoms with E-state index in [1.165, 1.54) is 6.07 Å². The lowest BCUT2D eigenvalue weighted by Crippen LogP contribution is -2.39. The number of halogens is 2. The zero-order valence-corrected chi connectivity index (χ0v) is 18.0. The van der Waals surface area contributed by atoms with Gasteiger partial charge < -0.3 is 10.6 Å². The number of nitrogens with two attached hydrogens (primary N) is 1. The van der Waals surface area contributed by atoms with E-state index < -0.39 is 0 Å². The zero-order valence-electron chi connectivity index (χ0n) is 17.2. The quantitative estimate of drug-likeness (QED) is 0.486. The molecule has 2 aromatic carbocycles. The molecule has 2 aromatic heterocycles. The first-order chi connectivity index (χ1) is 15.0. The van der Waals surface area contributed by atoms with Crippen LogP contribution in [0, 0.1) is 12.7 Å². The monoisotopic (exact) mass is 435 g/mol. The van der Waals surface area contributed by atoms with Gasteiger partial charge in [0, 0.05) is 58.4 Å². The van der Waals surface area contributed by atoms with Crippen molar-refractivity contribution in [1.82, 2.24) is 14.6 Å². The second-order valence-corrected chi connectivity index (χ2v) is 8.50. The number of fused-ring (bicyclic) bond motifs is 1. The molecule has 0 spiro atoms. The van der Waals surface area contributed by atoms with Gasteiger partial charge in [0.1, 0.15) is 5.82 Å². The fraction of sp³-hybridized carbons (Fsp3) is 0.250. The molecule has 7 heteroatoms. The fourth-order valence-electron chi connectivity index (χ4n) is 4.20. The van der Waals surface area contributed by atoms with Crippen LogP contribution in [0.15, 0.2) is 54.9 Å². The van der Waals surface area contributed by atoms with Gasteiger partial charge in [-0.1, -0.05) is 23.7 Å². The number of rotatable bonds is 3. The number of aromatic nitrogens is 3. The predicted molar refractivity (Wildman–Crippen MR) is 123 cm³/mol. The molecule has 2 N–H and O–H groups in total. The lowest BCUT2D eigenvalue weighted by molar-refractivity contribution is 0.501. The second kappa shape index (κ2) is 7.94. The molecule has 1 aliphatic rings. The summed E-state index contributed by atoms with van der Waals surface area (Å²) in [5, 5.41) is 5.13. The van der Waals surface area contributed by atoms with Crippen molar-refractivity contribution in [2.75, 3.05) is 18.0 Å². The highest BCUT2D eigenvalue weighted by atomic mass is 35.5. The van der Waals surface area contributed by atoms with Gasteiger partial charge in [-0.05, 0) is 55.7 Å². The van der Waals surface area contributed by atoms with Crippen molar-refractivity contribution in [2.24, 2.45) is 5.73 Å². The normalized spacial score (nSPS) is 15.0. The van der Waals surface area contributed by atoms with Crippen LogP contribution in [0.2, 0.25) is 5.02 Å². The Hall–Kier alpha value is -2.96. The molecule has 1 saturated heterocycles. The van der Waals surface area contributed by atoms with Gasteiger partial charge in [0.05, 0.1) is 6.20 Å². The van der Waals surface area contributed by atoms with Crippen LogP contribution in [-0.4, -0.2) is 33.7 Å². The molecule has 5 rings (SSSR count). The third-order valence-corrected chi connectivity index (χ3v) is 6.20. The van der Waals surface area contributed by atoms with Crippen molar-refractivity contribution in [1.29, 1.82) is 0 Å². The van der Waals surface area contributed by atoms with E-state index in [4.69, 9.17) is 22.3 Å². The lowest BCUT2D eigenvalue weighted by Gasteiger charge is -2.32. The highest BCUT2D eigenvalue weighted by Crippen LogP contribution is 2.33. The summed E-state index contributed by atoms with van der Waals surface area (Å²) >= 11 is 6.16. The molecule has 158 valence electrons. The minimum atomic E-state index is -0.286. The van der Waals surface area contributed by atoms with Gasteiger partial charge in [-0.25, -0.2) is 13.9 Å². The molecular formula is C24H23ClFN5. The minimum absolute atomic E-state index is 0.247. The van der Waals surface area contributed by atoms with Gasteiger partial charge in [0.15, 0.2) is 5.65 Å². The van der Waals surface area contributed by atoms with Crippen LogP contribution in [0.3, 0.4) is 0 Å². The molecule has 0 amide bonds. The van der Waals surface area contributed by atoms with Crippen molar-refractivity contribution in [2.45, 2.75) is 25.8 Å². The van der Waals surface area contributed by atoms with Gasteiger partial charge in [0.25, 0.3) is 0 Å². The molecule has 0 radical (unpaired) electrons. The summed E-state index contributed by atoms with van der Waals surface area (Å²) in [5.74, 6) is -0.286. The van der Waals surface area contributed by atoms with Crippen LogP contribution < -0.4 is 10.6 Å². The Morgan fingerprint density at radius 2 is 1.87 bits per heavy atom. The van der Waals surface area contributed by atoms with Crippen LogP contribution in [0.5, 0.6) is 0 Å². The number of piperidine rings is 1. The van der Waals surface area contributed by atoms with E-state index >= 15 is 0 Å². The average molecular weight is 436 g/mol. The number of anilines is 1. The van der Waals surface area contributed by atoms with Crippen LogP contribution in [0.1, 0.15) is 18.5 Å². The van der Waals surface area contributed by atoms with Gasteiger partial charge in [0.2, 0.25) is 0 Å². The standard InChI is InChI=1S/C24H23ClFN5/c1-15-22(16-3-2-4-17(25)11-16)14-31-24(29-15)21(13-28-31)20-12-19(5-6-23(20)26)30-9-7-18(27)8-10-30/h2-6,11-14,18H,7-10,27H2,1H3. The van der Waals surface area contributed by atoms with Crippen LogP contribution in [0.4, 0.5) is 10.1 Å². The predicted octanol–water partition coefficient (Wildman–Crippen LogP) is 5.09. The highest BCUT2D eigenvalue weighted by Gasteiger charge is 2.20. The first-order valence-corrected chi connectivity index (χ1v) is 10.8. The Balaban J connectivity index is 1.57. The van der Waals surface area contributed by atoms with Gasteiger partial charge in [-0.15, -0.1) is 0 Å². The van der Waals surface area contributed by atoms with E-state index in [1.54, 1.807) is 10.7 Å². The average Bonchev–Trinajstić information content (AvgIpc) is 3.16. The molecule has 3 heterocycles. The molecule has 1 fully saturated rings. The maximum atomic E-state index is 14.9. The summed E-state index contributed by atoms with van der Waals surface area (Å²) in [5.41, 5.74) is 11.6. The van der Waals surface area contributed by atoms with Crippen LogP contribution in [-0.2, 0) is 0 Å². The van der Waals surface area contributed by atoms with Gasteiger partial charge >= 0.3 is 0 Å². The fourth-order valence-corrected chi connectivity index (χ4v) is 4.39. The summed E-state index contributed by atoms with van der Waals surface area (Å²) in [7, 11) is 0. The lowest BCUT2D eigenvalue weighted by atomic mass is 10.0. The van der Waals surface area contributed by atoms with E-state index in [2.05, 4.69) is 10.00 Å². The zero-order chi connectivity index (χ0) is 21.5. The Morgan fingerprint density at radius 3 is 2.65 bits per heavy atom. The largest absolute Gasteiger partial charge is 0.371 e. The number of hydrogen-bond donors (Lipinski definition) is 1. The van der Waals surface area contributed by atoms with E-state index in [0.29, 0.717) is 21.8 Å². The third kappa shape index (κ3) is 3.77. The molecule has 0 unspecified atom stereocenters. The highest BCUT2D eigenvalue weighted by molar-refractivity contribution is 6.30. The Bertz CT molecular complexity index is 1260. The van der Waals surface area contributed by atoms with Crippen molar-refractivity contribution >= 4 is 22.9 Å². The summed E-state index contributed by atoms with van der Waals surface area (Å²) < 4.78 is 16.6. The summed E-state index contributed by atoms with van der Waals surface area (Å²) in [4.78, 5) is 7.03. The maximum absolute atomic E-state index is 14.9. The summed E-state index contributed by atoms with van der Waals surface area (Å²) in [6.45, 7) is 3.69. The Kier molecular flexibility index (Phi) is 5.12. The molecular weight excluding hydrogens is 413 g/mol. The summed E-state index contributed by atoms with van der Waals surface area (Å²) in [6.07, 6.45) is 5.48. The molecule has 1 aliphatic heterocycles.